The number of rotatable bonds is 2. The summed E-state index contributed by atoms with van der Waals surface area (Å²) in [6.45, 7) is 3.65. The number of halogens is 1. The highest BCUT2D eigenvalue weighted by atomic mass is 35.5. The molecule has 0 heterocycles. The second-order valence-corrected chi connectivity index (χ2v) is 5.52. The molecule has 1 amide bonds. The van der Waals surface area contributed by atoms with Gasteiger partial charge in [-0.05, 0) is 44.7 Å². The normalized spacial score (nSPS) is 21.9. The Kier molecular flexibility index (Phi) is 5.84. The maximum atomic E-state index is 12.2. The van der Waals surface area contributed by atoms with E-state index < -0.39 is 0 Å². The van der Waals surface area contributed by atoms with Gasteiger partial charge in [-0.3, -0.25) is 4.79 Å². The monoisotopic (exact) mass is 298 g/mol. The van der Waals surface area contributed by atoms with Gasteiger partial charge in [0.15, 0.2) is 0 Å². The van der Waals surface area contributed by atoms with Crippen molar-refractivity contribution >= 4 is 24.0 Å². The maximum absolute atomic E-state index is 12.2. The first-order valence-electron chi connectivity index (χ1n) is 6.84. The fraction of sp³-hybridized carbons (Fsp3) is 0.533. The summed E-state index contributed by atoms with van der Waals surface area (Å²) in [5.74, 6) is 0.256. The lowest BCUT2D eigenvalue weighted by atomic mass is 9.85. The molecule has 1 aromatic rings. The van der Waals surface area contributed by atoms with Crippen LogP contribution in [0.1, 0.15) is 36.8 Å². The van der Waals surface area contributed by atoms with Crippen molar-refractivity contribution in [1.29, 1.82) is 0 Å². The summed E-state index contributed by atoms with van der Waals surface area (Å²) in [6.07, 6.45) is 3.67. The minimum Gasteiger partial charge on any atom is -0.507 e. The van der Waals surface area contributed by atoms with Crippen molar-refractivity contribution in [1.82, 2.24) is 0 Å². The Hall–Kier alpha value is -1.26. The van der Waals surface area contributed by atoms with Crippen LogP contribution in [-0.4, -0.2) is 17.1 Å². The van der Waals surface area contributed by atoms with Gasteiger partial charge in [0, 0.05) is 23.2 Å². The third kappa shape index (κ3) is 3.64. The van der Waals surface area contributed by atoms with Gasteiger partial charge in [-0.1, -0.05) is 12.5 Å². The molecule has 1 aromatic carbocycles. The third-order valence-corrected chi connectivity index (χ3v) is 3.98. The molecule has 20 heavy (non-hydrogen) atoms. The number of aromatic hydroxyl groups is 1. The number of amides is 1. The van der Waals surface area contributed by atoms with Gasteiger partial charge in [-0.2, -0.15) is 0 Å². The van der Waals surface area contributed by atoms with Crippen LogP contribution in [0.4, 0.5) is 5.69 Å². The lowest BCUT2D eigenvalue weighted by Gasteiger charge is -2.26. The molecule has 1 saturated carbocycles. The molecule has 1 aliphatic carbocycles. The first-order chi connectivity index (χ1) is 8.99. The Morgan fingerprint density at radius 2 is 2.05 bits per heavy atom. The number of hydrogen-bond donors (Lipinski definition) is 3. The van der Waals surface area contributed by atoms with Crippen LogP contribution in [0.5, 0.6) is 5.75 Å². The average molecular weight is 299 g/mol. The number of anilines is 1. The van der Waals surface area contributed by atoms with Crippen molar-refractivity contribution < 1.29 is 9.90 Å². The highest BCUT2D eigenvalue weighted by molar-refractivity contribution is 5.93. The molecule has 0 aromatic heterocycles. The van der Waals surface area contributed by atoms with Gasteiger partial charge in [-0.15, -0.1) is 12.4 Å². The summed E-state index contributed by atoms with van der Waals surface area (Å²) >= 11 is 0. The van der Waals surface area contributed by atoms with E-state index in [0.717, 1.165) is 31.2 Å². The fourth-order valence-corrected chi connectivity index (χ4v) is 2.67. The smallest absolute Gasteiger partial charge is 0.227 e. The molecular formula is C15H23ClN2O2. The fourth-order valence-electron chi connectivity index (χ4n) is 2.67. The maximum Gasteiger partial charge on any atom is 0.227 e. The number of phenols is 1. The van der Waals surface area contributed by atoms with Crippen LogP contribution in [0.25, 0.3) is 0 Å². The van der Waals surface area contributed by atoms with E-state index in [2.05, 4.69) is 5.32 Å². The highest BCUT2D eigenvalue weighted by Gasteiger charge is 2.25. The quantitative estimate of drug-likeness (QED) is 0.786. The second-order valence-electron chi connectivity index (χ2n) is 5.52. The van der Waals surface area contributed by atoms with Crippen LogP contribution >= 0.6 is 12.4 Å². The first kappa shape index (κ1) is 16.8. The van der Waals surface area contributed by atoms with Crippen LogP contribution in [0.2, 0.25) is 0 Å². The van der Waals surface area contributed by atoms with Gasteiger partial charge in [0.25, 0.3) is 0 Å². The Labute approximate surface area is 126 Å². The second kappa shape index (κ2) is 6.95. The average Bonchev–Trinajstić information content (AvgIpc) is 2.39. The van der Waals surface area contributed by atoms with Gasteiger partial charge >= 0.3 is 0 Å². The van der Waals surface area contributed by atoms with E-state index >= 15 is 0 Å². The molecule has 0 radical (unpaired) electrons. The van der Waals surface area contributed by atoms with E-state index in [1.807, 2.05) is 26.0 Å². The van der Waals surface area contributed by atoms with Gasteiger partial charge in [0.05, 0.1) is 0 Å². The Bertz CT molecular complexity index is 491. The molecule has 5 heteroatoms. The molecule has 2 rings (SSSR count). The Morgan fingerprint density at radius 1 is 1.35 bits per heavy atom. The summed E-state index contributed by atoms with van der Waals surface area (Å²) in [4.78, 5) is 12.2. The van der Waals surface area contributed by atoms with E-state index in [4.69, 9.17) is 5.73 Å². The summed E-state index contributed by atoms with van der Waals surface area (Å²) in [5.41, 5.74) is 8.13. The van der Waals surface area contributed by atoms with Crippen molar-refractivity contribution in [2.24, 2.45) is 11.7 Å². The van der Waals surface area contributed by atoms with E-state index in [1.54, 1.807) is 0 Å². The third-order valence-electron chi connectivity index (χ3n) is 3.98. The standard InChI is InChI=1S/C15H22N2O2.ClH/c1-9-6-7-13(10(2)14(9)18)17-15(19)11-4-3-5-12(16)8-11;/h6-7,11-12,18H,3-5,8,16H2,1-2H3,(H,17,19);1H. The zero-order valence-electron chi connectivity index (χ0n) is 12.0. The van der Waals surface area contributed by atoms with Gasteiger partial charge in [0.2, 0.25) is 5.91 Å². The summed E-state index contributed by atoms with van der Waals surface area (Å²) in [7, 11) is 0. The van der Waals surface area contributed by atoms with E-state index in [0.29, 0.717) is 11.3 Å². The zero-order valence-corrected chi connectivity index (χ0v) is 12.8. The number of nitrogens with two attached hydrogens (primary N) is 1. The summed E-state index contributed by atoms with van der Waals surface area (Å²) < 4.78 is 0. The number of aryl methyl sites for hydroxylation is 1. The van der Waals surface area contributed by atoms with Crippen LogP contribution < -0.4 is 11.1 Å². The van der Waals surface area contributed by atoms with Crippen molar-refractivity contribution in [2.75, 3.05) is 5.32 Å². The number of carbonyl (C=O) groups is 1. The molecule has 112 valence electrons. The highest BCUT2D eigenvalue weighted by Crippen LogP contribution is 2.30. The summed E-state index contributed by atoms with van der Waals surface area (Å²) in [6, 6.07) is 3.78. The minimum absolute atomic E-state index is 0. The van der Waals surface area contributed by atoms with E-state index in [-0.39, 0.29) is 36.0 Å². The molecule has 1 fully saturated rings. The van der Waals surface area contributed by atoms with E-state index in [1.165, 1.54) is 0 Å². The van der Waals surface area contributed by atoms with Gasteiger partial charge in [0.1, 0.15) is 5.75 Å². The first-order valence-corrected chi connectivity index (χ1v) is 6.84. The number of carbonyl (C=O) groups excluding carboxylic acids is 1. The van der Waals surface area contributed by atoms with Crippen LogP contribution in [0, 0.1) is 19.8 Å². The van der Waals surface area contributed by atoms with Crippen molar-refractivity contribution in [3.05, 3.63) is 23.3 Å². The summed E-state index contributed by atoms with van der Waals surface area (Å²) in [5, 5.41) is 12.8. The molecule has 4 nitrogen and oxygen atoms in total. The predicted molar refractivity (Wildman–Crippen MR) is 83.4 cm³/mol. The van der Waals surface area contributed by atoms with Crippen molar-refractivity contribution in [2.45, 2.75) is 45.6 Å². The van der Waals surface area contributed by atoms with E-state index in [9.17, 15) is 9.90 Å². The minimum atomic E-state index is -0.00778. The molecule has 1 aliphatic rings. The number of hydrogen-bond acceptors (Lipinski definition) is 3. The molecule has 2 atom stereocenters. The largest absolute Gasteiger partial charge is 0.507 e. The van der Waals surface area contributed by atoms with Gasteiger partial charge < -0.3 is 16.2 Å². The SMILES string of the molecule is Cc1ccc(NC(=O)C2CCCC(N)C2)c(C)c1O.Cl. The van der Waals surface area contributed by atoms with Gasteiger partial charge in [-0.25, -0.2) is 0 Å². The van der Waals surface area contributed by atoms with Crippen molar-refractivity contribution in [3.63, 3.8) is 0 Å². The topological polar surface area (TPSA) is 75.4 Å². The predicted octanol–water partition coefficient (Wildman–Crippen LogP) is 2.89. The van der Waals surface area contributed by atoms with Crippen LogP contribution in [0.3, 0.4) is 0 Å². The number of nitrogens with one attached hydrogen (secondary N) is 1. The van der Waals surface area contributed by atoms with Crippen molar-refractivity contribution in [3.8, 4) is 5.75 Å². The van der Waals surface area contributed by atoms with Crippen LogP contribution in [0.15, 0.2) is 12.1 Å². The lowest BCUT2D eigenvalue weighted by molar-refractivity contribution is -0.120. The number of benzene rings is 1. The molecule has 4 N–H and O–H groups in total. The van der Waals surface area contributed by atoms with Crippen LogP contribution in [-0.2, 0) is 4.79 Å². The lowest BCUT2D eigenvalue weighted by Crippen LogP contribution is -2.34. The molecular weight excluding hydrogens is 276 g/mol. The Balaban J connectivity index is 0.00000200. The zero-order chi connectivity index (χ0) is 14.0. The molecule has 0 aliphatic heterocycles. The molecule has 0 spiro atoms. The Morgan fingerprint density at radius 3 is 2.70 bits per heavy atom. The molecule has 0 bridgehead atoms. The molecule has 2 unspecified atom stereocenters. The number of phenolic OH excluding ortho intramolecular Hbond substituents is 1. The molecule has 0 saturated heterocycles.